The smallest absolute Gasteiger partial charge is 0.239 e. The molecule has 0 aliphatic carbocycles. The quantitative estimate of drug-likeness (QED) is 0.892. The van der Waals surface area contributed by atoms with Crippen molar-refractivity contribution in [3.8, 4) is 0 Å². The number of amides is 2. The van der Waals surface area contributed by atoms with Gasteiger partial charge in [0.1, 0.15) is 0 Å². The molecule has 0 unspecified atom stereocenters. The Balaban J connectivity index is 1.89. The number of benzene rings is 2. The average molecular weight is 310 g/mol. The Bertz CT molecular complexity index is 668. The number of carbonyl (C=O) groups excluding carboxylic acids is 2. The Morgan fingerprint density at radius 1 is 1.00 bits per heavy atom. The average Bonchev–Trinajstić information content (AvgIpc) is 2.53. The third-order valence-electron chi connectivity index (χ3n) is 3.57. The molecule has 120 valence electrons. The lowest BCUT2D eigenvalue weighted by atomic mass is 10.1. The van der Waals surface area contributed by atoms with Gasteiger partial charge in [-0.3, -0.25) is 9.59 Å². The summed E-state index contributed by atoms with van der Waals surface area (Å²) in [6.45, 7) is 4.47. The van der Waals surface area contributed by atoms with E-state index in [0.717, 1.165) is 16.7 Å². The summed E-state index contributed by atoms with van der Waals surface area (Å²) in [5.41, 5.74) is 3.22. The molecule has 0 aromatic heterocycles. The second-order valence-corrected chi connectivity index (χ2v) is 5.63. The van der Waals surface area contributed by atoms with Crippen LogP contribution in [0.3, 0.4) is 0 Å². The number of hydrogen-bond acceptors (Lipinski definition) is 2. The summed E-state index contributed by atoms with van der Waals surface area (Å²) in [5, 5.41) is 2.86. The van der Waals surface area contributed by atoms with Crippen molar-refractivity contribution in [3.05, 3.63) is 71.3 Å². The molecule has 0 atom stereocenters. The van der Waals surface area contributed by atoms with Crippen molar-refractivity contribution >= 4 is 11.8 Å². The van der Waals surface area contributed by atoms with Crippen LogP contribution in [0.4, 0.5) is 0 Å². The van der Waals surface area contributed by atoms with Crippen LogP contribution >= 0.6 is 0 Å². The van der Waals surface area contributed by atoms with Crippen LogP contribution in [0.15, 0.2) is 54.6 Å². The second-order valence-electron chi connectivity index (χ2n) is 5.63. The molecule has 2 aromatic carbocycles. The van der Waals surface area contributed by atoms with Gasteiger partial charge in [-0.05, 0) is 18.1 Å². The molecule has 4 heteroatoms. The van der Waals surface area contributed by atoms with Gasteiger partial charge in [-0.25, -0.2) is 0 Å². The highest BCUT2D eigenvalue weighted by atomic mass is 16.2. The molecule has 0 fully saturated rings. The van der Waals surface area contributed by atoms with E-state index in [1.165, 1.54) is 6.92 Å². The predicted octanol–water partition coefficient (Wildman–Crippen LogP) is 2.66. The van der Waals surface area contributed by atoms with E-state index < -0.39 is 0 Å². The van der Waals surface area contributed by atoms with Crippen LogP contribution in [0, 0.1) is 6.92 Å². The zero-order valence-corrected chi connectivity index (χ0v) is 13.6. The van der Waals surface area contributed by atoms with Crippen molar-refractivity contribution in [1.82, 2.24) is 10.2 Å². The first kappa shape index (κ1) is 16.7. The SMILES string of the molecule is CC(=O)N(CC(=O)NCc1cccc(C)c1)Cc1ccccc1. The van der Waals surface area contributed by atoms with E-state index >= 15 is 0 Å². The van der Waals surface area contributed by atoms with E-state index in [2.05, 4.69) is 5.32 Å². The first-order chi connectivity index (χ1) is 11.0. The first-order valence-electron chi connectivity index (χ1n) is 7.66. The fraction of sp³-hybridized carbons (Fsp3) is 0.263. The minimum absolute atomic E-state index is 0.0655. The largest absolute Gasteiger partial charge is 0.350 e. The van der Waals surface area contributed by atoms with Crippen LogP contribution in [0.1, 0.15) is 23.6 Å². The van der Waals surface area contributed by atoms with E-state index in [1.807, 2.05) is 61.5 Å². The van der Waals surface area contributed by atoms with Crippen molar-refractivity contribution in [1.29, 1.82) is 0 Å². The minimum atomic E-state index is -0.155. The number of nitrogens with zero attached hydrogens (tertiary/aromatic N) is 1. The fourth-order valence-electron chi connectivity index (χ4n) is 2.33. The molecule has 2 aromatic rings. The predicted molar refractivity (Wildman–Crippen MR) is 90.6 cm³/mol. The number of hydrogen-bond donors (Lipinski definition) is 1. The van der Waals surface area contributed by atoms with Gasteiger partial charge in [-0.2, -0.15) is 0 Å². The van der Waals surface area contributed by atoms with Crippen LogP contribution in [-0.2, 0) is 22.7 Å². The summed E-state index contributed by atoms with van der Waals surface area (Å²) in [4.78, 5) is 25.4. The lowest BCUT2D eigenvalue weighted by Crippen LogP contribution is -2.39. The highest BCUT2D eigenvalue weighted by molar-refractivity contribution is 5.83. The van der Waals surface area contributed by atoms with Gasteiger partial charge in [0, 0.05) is 20.0 Å². The molecular weight excluding hydrogens is 288 g/mol. The molecule has 0 bridgehead atoms. The van der Waals surface area contributed by atoms with Crippen LogP contribution in [0.25, 0.3) is 0 Å². The Kier molecular flexibility index (Phi) is 5.92. The molecule has 0 spiro atoms. The Morgan fingerprint density at radius 3 is 2.35 bits per heavy atom. The van der Waals surface area contributed by atoms with Crippen LogP contribution in [0.5, 0.6) is 0 Å². The van der Waals surface area contributed by atoms with E-state index in [0.29, 0.717) is 13.1 Å². The summed E-state index contributed by atoms with van der Waals surface area (Å²) < 4.78 is 0. The Hall–Kier alpha value is -2.62. The lowest BCUT2D eigenvalue weighted by molar-refractivity contribution is -0.135. The van der Waals surface area contributed by atoms with Crippen molar-refractivity contribution in [2.24, 2.45) is 0 Å². The Labute approximate surface area is 137 Å². The standard InChI is InChI=1S/C19H22N2O2/c1-15-7-6-10-18(11-15)12-20-19(23)14-21(16(2)22)13-17-8-4-3-5-9-17/h3-11H,12-14H2,1-2H3,(H,20,23). The maximum absolute atomic E-state index is 12.1. The number of carbonyl (C=O) groups is 2. The molecule has 2 rings (SSSR count). The van der Waals surface area contributed by atoms with Gasteiger partial charge in [0.2, 0.25) is 11.8 Å². The molecular formula is C19H22N2O2. The fourth-order valence-corrected chi connectivity index (χ4v) is 2.33. The topological polar surface area (TPSA) is 49.4 Å². The van der Waals surface area contributed by atoms with E-state index in [4.69, 9.17) is 0 Å². The normalized spacial score (nSPS) is 10.2. The molecule has 4 nitrogen and oxygen atoms in total. The third-order valence-corrected chi connectivity index (χ3v) is 3.57. The van der Waals surface area contributed by atoms with E-state index in [-0.39, 0.29) is 18.4 Å². The zero-order chi connectivity index (χ0) is 16.7. The summed E-state index contributed by atoms with van der Waals surface area (Å²) in [6.07, 6.45) is 0. The highest BCUT2D eigenvalue weighted by Crippen LogP contribution is 2.05. The monoisotopic (exact) mass is 310 g/mol. The summed E-state index contributed by atoms with van der Waals surface area (Å²) in [5.74, 6) is -0.266. The number of aryl methyl sites for hydroxylation is 1. The molecule has 0 heterocycles. The molecule has 0 saturated carbocycles. The first-order valence-corrected chi connectivity index (χ1v) is 7.66. The van der Waals surface area contributed by atoms with Crippen LogP contribution < -0.4 is 5.32 Å². The van der Waals surface area contributed by atoms with Gasteiger partial charge in [0.25, 0.3) is 0 Å². The molecule has 1 N–H and O–H groups in total. The molecule has 0 saturated heterocycles. The second kappa shape index (κ2) is 8.13. The van der Waals surface area contributed by atoms with Gasteiger partial charge in [-0.1, -0.05) is 60.2 Å². The van der Waals surface area contributed by atoms with Gasteiger partial charge in [0.15, 0.2) is 0 Å². The van der Waals surface area contributed by atoms with Gasteiger partial charge >= 0.3 is 0 Å². The van der Waals surface area contributed by atoms with Gasteiger partial charge in [0.05, 0.1) is 6.54 Å². The molecule has 0 aliphatic rings. The van der Waals surface area contributed by atoms with Crippen molar-refractivity contribution in [2.75, 3.05) is 6.54 Å². The lowest BCUT2D eigenvalue weighted by Gasteiger charge is -2.20. The number of rotatable bonds is 6. The molecule has 2 amide bonds. The van der Waals surface area contributed by atoms with Crippen LogP contribution in [0.2, 0.25) is 0 Å². The Morgan fingerprint density at radius 2 is 1.70 bits per heavy atom. The third kappa shape index (κ3) is 5.58. The molecule has 0 aliphatic heterocycles. The van der Waals surface area contributed by atoms with Gasteiger partial charge in [-0.15, -0.1) is 0 Å². The van der Waals surface area contributed by atoms with E-state index in [9.17, 15) is 9.59 Å². The van der Waals surface area contributed by atoms with Crippen LogP contribution in [-0.4, -0.2) is 23.3 Å². The van der Waals surface area contributed by atoms with E-state index in [1.54, 1.807) is 4.90 Å². The minimum Gasteiger partial charge on any atom is -0.350 e. The maximum atomic E-state index is 12.1. The summed E-state index contributed by atoms with van der Waals surface area (Å²) in [7, 11) is 0. The summed E-state index contributed by atoms with van der Waals surface area (Å²) >= 11 is 0. The maximum Gasteiger partial charge on any atom is 0.239 e. The molecule has 23 heavy (non-hydrogen) atoms. The highest BCUT2D eigenvalue weighted by Gasteiger charge is 2.13. The van der Waals surface area contributed by atoms with Crippen molar-refractivity contribution in [3.63, 3.8) is 0 Å². The number of nitrogens with one attached hydrogen (secondary N) is 1. The molecule has 0 radical (unpaired) electrons. The zero-order valence-electron chi connectivity index (χ0n) is 13.6. The van der Waals surface area contributed by atoms with Crippen molar-refractivity contribution in [2.45, 2.75) is 26.9 Å². The van der Waals surface area contributed by atoms with Gasteiger partial charge < -0.3 is 10.2 Å². The summed E-state index contributed by atoms with van der Waals surface area (Å²) in [6, 6.07) is 17.7. The van der Waals surface area contributed by atoms with Crippen molar-refractivity contribution < 1.29 is 9.59 Å².